The zero-order valence-electron chi connectivity index (χ0n) is 11.4. The minimum absolute atomic E-state index is 0.354. The van der Waals surface area contributed by atoms with Crippen LogP contribution in [0.5, 0.6) is 5.75 Å². The van der Waals surface area contributed by atoms with E-state index in [0.717, 1.165) is 26.5 Å². The number of halogens is 1. The number of hydrogen-bond donors (Lipinski definition) is 0. The highest BCUT2D eigenvalue weighted by Gasteiger charge is 2.25. The molecule has 0 radical (unpaired) electrons. The van der Waals surface area contributed by atoms with E-state index in [1.165, 1.54) is 6.92 Å². The molecule has 21 heavy (non-hydrogen) atoms. The van der Waals surface area contributed by atoms with Crippen LogP contribution in [0.1, 0.15) is 23.6 Å². The van der Waals surface area contributed by atoms with Crippen molar-refractivity contribution in [2.75, 3.05) is 0 Å². The lowest BCUT2D eigenvalue weighted by molar-refractivity contribution is -0.131. The summed E-state index contributed by atoms with van der Waals surface area (Å²) in [4.78, 5) is 12.9. The van der Waals surface area contributed by atoms with Crippen molar-refractivity contribution in [2.45, 2.75) is 28.5 Å². The number of ether oxygens (including phenoxy) is 1. The molecule has 1 atom stereocenters. The number of alkyl halides is 1. The summed E-state index contributed by atoms with van der Waals surface area (Å²) >= 11 is 3.43. The molecule has 5 heteroatoms. The van der Waals surface area contributed by atoms with Crippen molar-refractivity contribution in [3.63, 3.8) is 0 Å². The molecule has 0 aromatic heterocycles. The highest BCUT2D eigenvalue weighted by molar-refractivity contribution is 9.08. The van der Waals surface area contributed by atoms with Crippen LogP contribution in [0, 0.1) is 0 Å². The smallest absolute Gasteiger partial charge is 0.308 e. The Hall–Kier alpha value is -1.46. The molecule has 3 rings (SSSR count). The van der Waals surface area contributed by atoms with Crippen LogP contribution in [0.25, 0.3) is 0 Å². The molecule has 0 N–H and O–H groups in total. The standard InChI is InChI=1S/C16H13BrO3S/c1-10(18)20-14-7-12-6-11-4-2-3-5-15(11)21(19)16(12)13(8-14)9-17/h2-5,7-8H,6,9H2,1H3. The summed E-state index contributed by atoms with van der Waals surface area (Å²) in [5, 5.41) is 0.568. The lowest BCUT2D eigenvalue weighted by Gasteiger charge is -2.22. The molecule has 0 fully saturated rings. The zero-order chi connectivity index (χ0) is 15.0. The van der Waals surface area contributed by atoms with E-state index >= 15 is 0 Å². The lowest BCUT2D eigenvalue weighted by Crippen LogP contribution is -2.12. The molecule has 2 aromatic rings. The molecule has 0 spiro atoms. The number of rotatable bonds is 2. The van der Waals surface area contributed by atoms with Crippen LogP contribution in [-0.4, -0.2) is 10.2 Å². The Kier molecular flexibility index (Phi) is 3.95. The number of esters is 1. The summed E-state index contributed by atoms with van der Waals surface area (Å²) in [7, 11) is -1.19. The number of benzene rings is 2. The van der Waals surface area contributed by atoms with Gasteiger partial charge in [-0.1, -0.05) is 34.1 Å². The molecule has 0 bridgehead atoms. The third kappa shape index (κ3) is 2.68. The summed E-state index contributed by atoms with van der Waals surface area (Å²) in [6.07, 6.45) is 0.701. The van der Waals surface area contributed by atoms with Gasteiger partial charge in [-0.05, 0) is 34.9 Å². The highest BCUT2D eigenvalue weighted by atomic mass is 79.9. The van der Waals surface area contributed by atoms with E-state index in [-0.39, 0.29) is 5.97 Å². The molecule has 1 aliphatic rings. The van der Waals surface area contributed by atoms with Crippen LogP contribution in [-0.2, 0) is 27.3 Å². The van der Waals surface area contributed by atoms with Crippen molar-refractivity contribution >= 4 is 32.7 Å². The van der Waals surface area contributed by atoms with Gasteiger partial charge in [-0.25, -0.2) is 4.21 Å². The first kappa shape index (κ1) is 14.5. The summed E-state index contributed by atoms with van der Waals surface area (Å²) in [6.45, 7) is 1.38. The molecule has 1 heterocycles. The molecular weight excluding hydrogens is 352 g/mol. The second-order valence-electron chi connectivity index (χ2n) is 4.85. The molecular formula is C16H13BrO3S. The Bertz CT molecular complexity index is 755. The van der Waals surface area contributed by atoms with Crippen molar-refractivity contribution in [3.8, 4) is 5.75 Å². The summed E-state index contributed by atoms with van der Waals surface area (Å²) in [5.41, 5.74) is 2.92. The van der Waals surface area contributed by atoms with Crippen molar-refractivity contribution in [1.29, 1.82) is 0 Å². The highest BCUT2D eigenvalue weighted by Crippen LogP contribution is 2.37. The van der Waals surface area contributed by atoms with E-state index in [2.05, 4.69) is 15.9 Å². The average molecular weight is 365 g/mol. The van der Waals surface area contributed by atoms with Gasteiger partial charge in [0.2, 0.25) is 0 Å². The van der Waals surface area contributed by atoms with Gasteiger partial charge in [0, 0.05) is 23.6 Å². The largest absolute Gasteiger partial charge is 0.427 e. The molecule has 0 amide bonds. The quantitative estimate of drug-likeness (QED) is 0.396. The Balaban J connectivity index is 2.15. The first-order valence-electron chi connectivity index (χ1n) is 6.50. The zero-order valence-corrected chi connectivity index (χ0v) is 13.8. The van der Waals surface area contributed by atoms with Crippen molar-refractivity contribution < 1.29 is 13.7 Å². The number of carbonyl (C=O) groups is 1. The molecule has 0 saturated heterocycles. The Morgan fingerprint density at radius 2 is 2.05 bits per heavy atom. The van der Waals surface area contributed by atoms with E-state index in [4.69, 9.17) is 4.74 Å². The van der Waals surface area contributed by atoms with Crippen LogP contribution in [0.15, 0.2) is 46.2 Å². The normalized spacial score (nSPS) is 16.0. The fourth-order valence-corrected chi connectivity index (χ4v) is 4.73. The third-order valence-corrected chi connectivity index (χ3v) is 5.66. The van der Waals surface area contributed by atoms with Gasteiger partial charge in [-0.15, -0.1) is 0 Å². The minimum Gasteiger partial charge on any atom is -0.427 e. The van der Waals surface area contributed by atoms with Gasteiger partial charge >= 0.3 is 5.97 Å². The van der Waals surface area contributed by atoms with Crippen LogP contribution in [0.4, 0.5) is 0 Å². The summed E-state index contributed by atoms with van der Waals surface area (Å²) in [6, 6.07) is 11.3. The Morgan fingerprint density at radius 3 is 2.76 bits per heavy atom. The maximum absolute atomic E-state index is 12.8. The number of hydrogen-bond acceptors (Lipinski definition) is 3. The van der Waals surface area contributed by atoms with Crippen LogP contribution < -0.4 is 4.74 Å². The average Bonchev–Trinajstić information content (AvgIpc) is 2.45. The maximum atomic E-state index is 12.8. The van der Waals surface area contributed by atoms with Gasteiger partial charge in [0.1, 0.15) is 5.75 Å². The molecule has 108 valence electrons. The molecule has 3 nitrogen and oxygen atoms in total. The minimum atomic E-state index is -1.19. The predicted molar refractivity (Wildman–Crippen MR) is 84.3 cm³/mol. The summed E-state index contributed by atoms with van der Waals surface area (Å²) in [5.74, 6) is 0.153. The van der Waals surface area contributed by atoms with E-state index in [9.17, 15) is 9.00 Å². The summed E-state index contributed by atoms with van der Waals surface area (Å²) < 4.78 is 18.0. The van der Waals surface area contributed by atoms with Gasteiger partial charge in [-0.2, -0.15) is 0 Å². The Morgan fingerprint density at radius 1 is 1.29 bits per heavy atom. The van der Waals surface area contributed by atoms with E-state index in [1.807, 2.05) is 30.3 Å². The second-order valence-corrected chi connectivity index (χ2v) is 6.80. The Labute approximate surface area is 133 Å². The van der Waals surface area contributed by atoms with Crippen molar-refractivity contribution in [1.82, 2.24) is 0 Å². The first-order valence-corrected chi connectivity index (χ1v) is 8.77. The molecule has 0 saturated carbocycles. The fourth-order valence-electron chi connectivity index (χ4n) is 2.56. The van der Waals surface area contributed by atoms with Gasteiger partial charge < -0.3 is 4.74 Å². The second kappa shape index (κ2) is 5.73. The first-order chi connectivity index (χ1) is 10.1. The van der Waals surface area contributed by atoms with Crippen LogP contribution in [0.2, 0.25) is 0 Å². The fraction of sp³-hybridized carbons (Fsp3) is 0.188. The van der Waals surface area contributed by atoms with Gasteiger partial charge in [0.05, 0.1) is 15.7 Å². The molecule has 2 aromatic carbocycles. The van der Waals surface area contributed by atoms with Gasteiger partial charge in [0.15, 0.2) is 0 Å². The SMILES string of the molecule is CC(=O)Oc1cc(CBr)c2c(c1)Cc1ccccc1S2=O. The van der Waals surface area contributed by atoms with Crippen molar-refractivity contribution in [3.05, 3.63) is 53.1 Å². The van der Waals surface area contributed by atoms with E-state index < -0.39 is 10.8 Å². The molecule has 1 aliphatic heterocycles. The van der Waals surface area contributed by atoms with Crippen LogP contribution in [0.3, 0.4) is 0 Å². The van der Waals surface area contributed by atoms with E-state index in [1.54, 1.807) is 6.07 Å². The monoisotopic (exact) mass is 364 g/mol. The predicted octanol–water partition coefficient (Wildman–Crippen LogP) is 3.58. The number of carbonyl (C=O) groups excluding carboxylic acids is 1. The van der Waals surface area contributed by atoms with Gasteiger partial charge in [0.25, 0.3) is 0 Å². The van der Waals surface area contributed by atoms with Crippen molar-refractivity contribution in [2.24, 2.45) is 0 Å². The topological polar surface area (TPSA) is 43.4 Å². The van der Waals surface area contributed by atoms with Crippen LogP contribution >= 0.6 is 15.9 Å². The van der Waals surface area contributed by atoms with E-state index in [0.29, 0.717) is 17.5 Å². The third-order valence-electron chi connectivity index (χ3n) is 3.36. The number of fused-ring (bicyclic) bond motifs is 2. The molecule has 1 unspecified atom stereocenters. The maximum Gasteiger partial charge on any atom is 0.308 e. The lowest BCUT2D eigenvalue weighted by atomic mass is 10.0. The molecule has 0 aliphatic carbocycles. The van der Waals surface area contributed by atoms with Gasteiger partial charge in [-0.3, -0.25) is 4.79 Å².